The number of pyridine rings is 1. The van der Waals surface area contributed by atoms with Gasteiger partial charge in [-0.25, -0.2) is 18.2 Å². The van der Waals surface area contributed by atoms with E-state index in [9.17, 15) is 13.2 Å². The van der Waals surface area contributed by atoms with Crippen LogP contribution in [0.25, 0.3) is 16.9 Å². The van der Waals surface area contributed by atoms with Crippen molar-refractivity contribution in [1.82, 2.24) is 9.38 Å². The van der Waals surface area contributed by atoms with Gasteiger partial charge in [0.25, 0.3) is 0 Å². The third-order valence-electron chi connectivity index (χ3n) is 3.28. The summed E-state index contributed by atoms with van der Waals surface area (Å²) in [4.78, 5) is 15.6. The van der Waals surface area contributed by atoms with Crippen LogP contribution in [0.5, 0.6) is 0 Å². The summed E-state index contributed by atoms with van der Waals surface area (Å²) in [6, 6.07) is 9.51. The zero-order valence-corrected chi connectivity index (χ0v) is 12.4. The summed E-state index contributed by atoms with van der Waals surface area (Å²) in [5.74, 6) is -1.00. The Labute approximate surface area is 126 Å². The van der Waals surface area contributed by atoms with E-state index in [0.29, 0.717) is 11.3 Å². The van der Waals surface area contributed by atoms with Crippen molar-refractivity contribution < 1.29 is 18.3 Å². The molecule has 3 aromatic rings. The third kappa shape index (κ3) is 2.58. The van der Waals surface area contributed by atoms with Crippen LogP contribution >= 0.6 is 0 Å². The highest BCUT2D eigenvalue weighted by molar-refractivity contribution is 7.90. The Morgan fingerprint density at radius 1 is 1.09 bits per heavy atom. The predicted molar refractivity (Wildman–Crippen MR) is 80.7 cm³/mol. The van der Waals surface area contributed by atoms with Crippen LogP contribution < -0.4 is 0 Å². The summed E-state index contributed by atoms with van der Waals surface area (Å²) in [6.45, 7) is 0. The second-order valence-electron chi connectivity index (χ2n) is 4.91. The van der Waals surface area contributed by atoms with E-state index >= 15 is 0 Å². The van der Waals surface area contributed by atoms with Crippen molar-refractivity contribution in [3.05, 3.63) is 54.4 Å². The minimum absolute atomic E-state index is 0.170. The van der Waals surface area contributed by atoms with E-state index in [4.69, 9.17) is 5.11 Å². The second-order valence-corrected chi connectivity index (χ2v) is 6.93. The normalized spacial score (nSPS) is 11.7. The standard InChI is InChI=1S/C15H12N2O4S/c1-22(20,21)12-5-2-10(3-6-12)13-9-17-8-11(15(18)19)4-7-14(17)16-13/h2-9H,1H3,(H,18,19). The van der Waals surface area contributed by atoms with Crippen LogP contribution in [0.2, 0.25) is 0 Å². The molecule has 1 N–H and O–H groups in total. The molecule has 22 heavy (non-hydrogen) atoms. The minimum Gasteiger partial charge on any atom is -0.478 e. The van der Waals surface area contributed by atoms with Crippen molar-refractivity contribution in [2.24, 2.45) is 0 Å². The predicted octanol–water partition coefficient (Wildman–Crippen LogP) is 2.10. The van der Waals surface area contributed by atoms with Crippen LogP contribution in [0.1, 0.15) is 10.4 Å². The first-order valence-corrected chi connectivity index (χ1v) is 8.26. The molecule has 7 heteroatoms. The number of hydrogen-bond donors (Lipinski definition) is 1. The van der Waals surface area contributed by atoms with Crippen molar-refractivity contribution in [2.75, 3.05) is 6.26 Å². The van der Waals surface area contributed by atoms with Gasteiger partial charge in [0.1, 0.15) is 5.65 Å². The van der Waals surface area contributed by atoms with Gasteiger partial charge in [0.05, 0.1) is 16.2 Å². The van der Waals surface area contributed by atoms with Gasteiger partial charge in [-0.3, -0.25) is 0 Å². The van der Waals surface area contributed by atoms with Crippen LogP contribution in [0.4, 0.5) is 0 Å². The Hall–Kier alpha value is -2.67. The van der Waals surface area contributed by atoms with E-state index in [1.165, 1.54) is 24.4 Å². The number of nitrogens with zero attached hydrogens (tertiary/aromatic N) is 2. The molecule has 0 aliphatic rings. The maximum Gasteiger partial charge on any atom is 0.337 e. The summed E-state index contributed by atoms with van der Waals surface area (Å²) in [5.41, 5.74) is 2.19. The zero-order valence-electron chi connectivity index (χ0n) is 11.6. The molecule has 0 fully saturated rings. The molecule has 0 bridgehead atoms. The summed E-state index contributed by atoms with van der Waals surface area (Å²) in [5, 5.41) is 8.98. The van der Waals surface area contributed by atoms with Gasteiger partial charge in [0.15, 0.2) is 9.84 Å². The van der Waals surface area contributed by atoms with Gasteiger partial charge in [-0.2, -0.15) is 0 Å². The number of imidazole rings is 1. The van der Waals surface area contributed by atoms with E-state index < -0.39 is 15.8 Å². The number of benzene rings is 1. The summed E-state index contributed by atoms with van der Waals surface area (Å²) >= 11 is 0. The van der Waals surface area contributed by atoms with Crippen LogP contribution in [0.15, 0.2) is 53.7 Å². The van der Waals surface area contributed by atoms with Gasteiger partial charge in [-0.1, -0.05) is 12.1 Å². The van der Waals surface area contributed by atoms with Crippen LogP contribution in [0, 0.1) is 0 Å². The fourth-order valence-electron chi connectivity index (χ4n) is 2.13. The first-order chi connectivity index (χ1) is 10.3. The van der Waals surface area contributed by atoms with E-state index in [2.05, 4.69) is 4.98 Å². The number of carboxylic acid groups (broad SMARTS) is 1. The summed E-state index contributed by atoms with van der Waals surface area (Å²) in [6.07, 6.45) is 4.34. The molecule has 0 unspecified atom stereocenters. The molecule has 3 rings (SSSR count). The molecule has 6 nitrogen and oxygen atoms in total. The number of aromatic carboxylic acids is 1. The van der Waals surface area contributed by atoms with Gasteiger partial charge in [-0.05, 0) is 24.3 Å². The molecule has 0 atom stereocenters. The molecule has 2 aromatic heterocycles. The average molecular weight is 316 g/mol. The topological polar surface area (TPSA) is 88.7 Å². The quantitative estimate of drug-likeness (QED) is 0.799. The first kappa shape index (κ1) is 14.3. The molecule has 0 saturated heterocycles. The Morgan fingerprint density at radius 2 is 1.77 bits per heavy atom. The molecule has 112 valence electrons. The molecule has 0 aliphatic heterocycles. The highest BCUT2D eigenvalue weighted by Gasteiger charge is 2.10. The SMILES string of the molecule is CS(=O)(=O)c1ccc(-c2cn3cc(C(=O)O)ccc3n2)cc1. The lowest BCUT2D eigenvalue weighted by atomic mass is 10.2. The Balaban J connectivity index is 2.05. The van der Waals surface area contributed by atoms with Crippen molar-refractivity contribution in [2.45, 2.75) is 4.90 Å². The van der Waals surface area contributed by atoms with Crippen molar-refractivity contribution in [3.8, 4) is 11.3 Å². The second kappa shape index (κ2) is 4.96. The smallest absolute Gasteiger partial charge is 0.337 e. The number of carbonyl (C=O) groups is 1. The van der Waals surface area contributed by atoms with Crippen LogP contribution in [-0.2, 0) is 9.84 Å². The van der Waals surface area contributed by atoms with Crippen LogP contribution in [-0.4, -0.2) is 35.1 Å². The maximum absolute atomic E-state index is 11.4. The molecule has 0 radical (unpaired) electrons. The lowest BCUT2D eigenvalue weighted by Gasteiger charge is -1.99. The first-order valence-electron chi connectivity index (χ1n) is 6.37. The molecule has 1 aromatic carbocycles. The van der Waals surface area contributed by atoms with Gasteiger partial charge in [0, 0.05) is 24.2 Å². The molecule has 0 amide bonds. The molecular formula is C15H12N2O4S. The van der Waals surface area contributed by atoms with E-state index in [0.717, 1.165) is 11.8 Å². The van der Waals surface area contributed by atoms with Crippen LogP contribution in [0.3, 0.4) is 0 Å². The third-order valence-corrected chi connectivity index (χ3v) is 4.40. The highest BCUT2D eigenvalue weighted by Crippen LogP contribution is 2.21. The van der Waals surface area contributed by atoms with E-state index in [1.807, 2.05) is 0 Å². The lowest BCUT2D eigenvalue weighted by Crippen LogP contribution is -1.97. The number of aromatic nitrogens is 2. The molecule has 0 saturated carbocycles. The maximum atomic E-state index is 11.4. The van der Waals surface area contributed by atoms with E-state index in [1.54, 1.807) is 28.8 Å². The Morgan fingerprint density at radius 3 is 2.36 bits per heavy atom. The zero-order chi connectivity index (χ0) is 15.9. The van der Waals surface area contributed by atoms with Gasteiger partial charge >= 0.3 is 5.97 Å². The molecular weight excluding hydrogens is 304 g/mol. The van der Waals surface area contributed by atoms with Crippen molar-refractivity contribution in [3.63, 3.8) is 0 Å². The minimum atomic E-state index is -3.23. The number of carboxylic acids is 1. The highest BCUT2D eigenvalue weighted by atomic mass is 32.2. The van der Waals surface area contributed by atoms with Gasteiger partial charge in [0.2, 0.25) is 0 Å². The lowest BCUT2D eigenvalue weighted by molar-refractivity contribution is 0.0696. The summed E-state index contributed by atoms with van der Waals surface area (Å²) < 4.78 is 24.5. The Kier molecular flexibility index (Phi) is 3.22. The number of sulfone groups is 1. The largest absolute Gasteiger partial charge is 0.478 e. The van der Waals surface area contributed by atoms with Crippen molar-refractivity contribution >= 4 is 21.5 Å². The monoisotopic (exact) mass is 316 g/mol. The fraction of sp³-hybridized carbons (Fsp3) is 0.0667. The summed E-state index contributed by atoms with van der Waals surface area (Å²) in [7, 11) is -3.23. The number of fused-ring (bicyclic) bond motifs is 1. The molecule has 0 aliphatic carbocycles. The Bertz CT molecular complexity index is 972. The molecule has 2 heterocycles. The van der Waals surface area contributed by atoms with E-state index in [-0.39, 0.29) is 10.5 Å². The van der Waals surface area contributed by atoms with Crippen molar-refractivity contribution in [1.29, 1.82) is 0 Å². The fourth-order valence-corrected chi connectivity index (χ4v) is 2.76. The number of hydrogen-bond acceptors (Lipinski definition) is 4. The molecule has 0 spiro atoms. The number of rotatable bonds is 3. The average Bonchev–Trinajstić information content (AvgIpc) is 2.89. The van der Waals surface area contributed by atoms with Gasteiger partial charge in [-0.15, -0.1) is 0 Å². The van der Waals surface area contributed by atoms with Gasteiger partial charge < -0.3 is 9.51 Å².